The highest BCUT2D eigenvalue weighted by Gasteiger charge is 2.47. The summed E-state index contributed by atoms with van der Waals surface area (Å²) < 4.78 is 10.7. The van der Waals surface area contributed by atoms with Crippen molar-refractivity contribution in [2.45, 2.75) is 89.4 Å². The van der Waals surface area contributed by atoms with Crippen LogP contribution in [-0.4, -0.2) is 105 Å². The van der Waals surface area contributed by atoms with Crippen molar-refractivity contribution in [2.75, 3.05) is 6.61 Å². The van der Waals surface area contributed by atoms with Gasteiger partial charge in [-0.15, -0.1) is 0 Å². The minimum Gasteiger partial charge on any atom is -0.480 e. The minimum absolute atomic E-state index is 0.241. The SMILES string of the molecule is CC(=O)N[C@H]1[C@@H](O[C@H](C)C(=O)N[C@H](C(=O)N[C@@H](CCC(N)=O)C(=O)O)C(C)C)[C@@H](O)[C@@H](CO)O[C@H]1O. The first kappa shape index (κ1) is 31.2. The number of aliphatic hydroxyl groups excluding tert-OH is 3. The Balaban J connectivity index is 2.96. The minimum atomic E-state index is -1.66. The Morgan fingerprint density at radius 2 is 1.67 bits per heavy atom. The molecule has 0 aromatic carbocycles. The van der Waals surface area contributed by atoms with Gasteiger partial charge >= 0.3 is 5.97 Å². The van der Waals surface area contributed by atoms with Gasteiger partial charge < -0.3 is 51.6 Å². The van der Waals surface area contributed by atoms with Crippen LogP contribution in [0.25, 0.3) is 0 Å². The molecule has 0 bridgehead atoms. The number of nitrogens with one attached hydrogen (secondary N) is 3. The number of hydrogen-bond donors (Lipinski definition) is 8. The molecule has 8 atom stereocenters. The van der Waals surface area contributed by atoms with E-state index in [2.05, 4.69) is 16.0 Å². The Labute approximate surface area is 207 Å². The molecule has 0 aromatic heterocycles. The van der Waals surface area contributed by atoms with Gasteiger partial charge in [-0.25, -0.2) is 4.79 Å². The van der Waals surface area contributed by atoms with Crippen LogP contribution in [0.2, 0.25) is 0 Å². The van der Waals surface area contributed by atoms with Gasteiger partial charge in [0.15, 0.2) is 6.29 Å². The van der Waals surface area contributed by atoms with Crippen molar-refractivity contribution >= 4 is 29.6 Å². The second-order valence-electron chi connectivity index (χ2n) is 8.84. The molecule has 4 amide bonds. The van der Waals surface area contributed by atoms with Gasteiger partial charge in [0, 0.05) is 13.3 Å². The van der Waals surface area contributed by atoms with E-state index in [1.807, 2.05) is 0 Å². The van der Waals surface area contributed by atoms with Gasteiger partial charge in [0.2, 0.25) is 23.6 Å². The van der Waals surface area contributed by atoms with E-state index < -0.39 is 91.0 Å². The topological polar surface area (TPSA) is 247 Å². The number of carboxylic acids is 1. The fourth-order valence-corrected chi connectivity index (χ4v) is 3.54. The lowest BCUT2D eigenvalue weighted by molar-refractivity contribution is -0.266. The molecule has 15 nitrogen and oxygen atoms in total. The molecule has 0 aliphatic carbocycles. The van der Waals surface area contributed by atoms with Gasteiger partial charge in [-0.05, 0) is 19.3 Å². The van der Waals surface area contributed by atoms with Crippen LogP contribution < -0.4 is 21.7 Å². The maximum atomic E-state index is 12.8. The largest absolute Gasteiger partial charge is 0.480 e. The number of carboxylic acid groups (broad SMARTS) is 1. The van der Waals surface area contributed by atoms with Crippen LogP contribution in [-0.2, 0) is 33.4 Å². The summed E-state index contributed by atoms with van der Waals surface area (Å²) in [7, 11) is 0. The summed E-state index contributed by atoms with van der Waals surface area (Å²) in [6.45, 7) is 4.98. The second kappa shape index (κ2) is 14.0. The molecule has 15 heteroatoms. The first-order valence-electron chi connectivity index (χ1n) is 11.4. The van der Waals surface area contributed by atoms with E-state index in [9.17, 15) is 44.4 Å². The predicted octanol–water partition coefficient (Wildman–Crippen LogP) is -3.69. The Bertz CT molecular complexity index is 809. The molecule has 36 heavy (non-hydrogen) atoms. The molecule has 0 unspecified atom stereocenters. The highest BCUT2D eigenvalue weighted by Crippen LogP contribution is 2.24. The van der Waals surface area contributed by atoms with E-state index >= 15 is 0 Å². The molecule has 0 saturated carbocycles. The van der Waals surface area contributed by atoms with Gasteiger partial charge in [-0.3, -0.25) is 19.2 Å². The molecule has 206 valence electrons. The van der Waals surface area contributed by atoms with Crippen molar-refractivity contribution in [3.8, 4) is 0 Å². The summed E-state index contributed by atoms with van der Waals surface area (Å²) in [6.07, 6.45) is -7.65. The molecule has 1 aliphatic heterocycles. The van der Waals surface area contributed by atoms with Crippen molar-refractivity contribution in [1.29, 1.82) is 0 Å². The lowest BCUT2D eigenvalue weighted by Crippen LogP contribution is -2.65. The van der Waals surface area contributed by atoms with E-state index in [0.29, 0.717) is 0 Å². The average molecular weight is 521 g/mol. The normalized spacial score (nSPS) is 26.4. The number of carbonyl (C=O) groups excluding carboxylic acids is 4. The van der Waals surface area contributed by atoms with Crippen LogP contribution in [0.15, 0.2) is 0 Å². The standard InChI is InChI=1S/C21H36N4O11/c1-8(2)14(19(31)24-11(20(32)33)5-6-13(22)28)25-18(30)9(3)35-17-15(23-10(4)27)21(34)36-12(7-26)16(17)29/h8-9,11-12,14-17,21,26,29,34H,5-7H2,1-4H3,(H2,22,28)(H,23,27)(H,24,31)(H,25,30)(H,32,33)/t9-,11+,12-,14+,15+,16+,17-,21-/m1/s1. The van der Waals surface area contributed by atoms with Gasteiger partial charge in [0.25, 0.3) is 0 Å². The molecule has 9 N–H and O–H groups in total. The Morgan fingerprint density at radius 1 is 1.06 bits per heavy atom. The highest BCUT2D eigenvalue weighted by atomic mass is 16.6. The number of nitrogens with two attached hydrogens (primary N) is 1. The lowest BCUT2D eigenvalue weighted by Gasteiger charge is -2.43. The number of hydrogen-bond acceptors (Lipinski definition) is 10. The second-order valence-corrected chi connectivity index (χ2v) is 8.84. The van der Waals surface area contributed by atoms with Gasteiger partial charge in [-0.1, -0.05) is 13.8 Å². The molecule has 0 radical (unpaired) electrons. The Kier molecular flexibility index (Phi) is 12.2. The fourth-order valence-electron chi connectivity index (χ4n) is 3.54. The molecular formula is C21H36N4O11. The van der Waals surface area contributed by atoms with E-state index in [0.717, 1.165) is 6.92 Å². The lowest BCUT2D eigenvalue weighted by atomic mass is 9.96. The molecule has 1 fully saturated rings. The number of aliphatic hydroxyl groups is 3. The molecule has 1 saturated heterocycles. The van der Waals surface area contributed by atoms with Crippen LogP contribution in [0.4, 0.5) is 0 Å². The number of ether oxygens (including phenoxy) is 2. The van der Waals surface area contributed by atoms with E-state index in [-0.39, 0.29) is 12.8 Å². The van der Waals surface area contributed by atoms with Crippen molar-refractivity contribution in [2.24, 2.45) is 11.7 Å². The third-order valence-corrected chi connectivity index (χ3v) is 5.51. The van der Waals surface area contributed by atoms with Crippen molar-refractivity contribution in [1.82, 2.24) is 16.0 Å². The van der Waals surface area contributed by atoms with Crippen molar-refractivity contribution < 1.29 is 53.9 Å². The smallest absolute Gasteiger partial charge is 0.326 e. The average Bonchev–Trinajstić information content (AvgIpc) is 2.77. The zero-order valence-corrected chi connectivity index (χ0v) is 20.5. The summed E-state index contributed by atoms with van der Waals surface area (Å²) in [5.74, 6) is -4.83. The number of rotatable bonds is 13. The molecule has 1 heterocycles. The van der Waals surface area contributed by atoms with Crippen LogP contribution in [0.3, 0.4) is 0 Å². The maximum Gasteiger partial charge on any atom is 0.326 e. The van der Waals surface area contributed by atoms with Crippen LogP contribution in [0, 0.1) is 5.92 Å². The monoisotopic (exact) mass is 520 g/mol. The maximum absolute atomic E-state index is 12.8. The summed E-state index contributed by atoms with van der Waals surface area (Å²) in [5.41, 5.74) is 5.03. The Morgan fingerprint density at radius 3 is 2.14 bits per heavy atom. The number of amides is 4. The van der Waals surface area contributed by atoms with Gasteiger partial charge in [0.05, 0.1) is 6.61 Å². The van der Waals surface area contributed by atoms with Crippen LogP contribution in [0.5, 0.6) is 0 Å². The third-order valence-electron chi connectivity index (χ3n) is 5.51. The van der Waals surface area contributed by atoms with Gasteiger partial charge in [0.1, 0.15) is 42.5 Å². The highest BCUT2D eigenvalue weighted by molar-refractivity contribution is 5.91. The van der Waals surface area contributed by atoms with E-state index in [1.54, 1.807) is 13.8 Å². The summed E-state index contributed by atoms with van der Waals surface area (Å²) in [5, 5.41) is 46.5. The molecular weight excluding hydrogens is 484 g/mol. The zero-order chi connectivity index (χ0) is 27.7. The number of primary amides is 1. The summed E-state index contributed by atoms with van der Waals surface area (Å²) in [4.78, 5) is 59.5. The predicted molar refractivity (Wildman–Crippen MR) is 121 cm³/mol. The van der Waals surface area contributed by atoms with E-state index in [1.165, 1.54) is 6.92 Å². The van der Waals surface area contributed by atoms with E-state index in [4.69, 9.17) is 15.2 Å². The van der Waals surface area contributed by atoms with Gasteiger partial charge in [-0.2, -0.15) is 0 Å². The summed E-state index contributed by atoms with van der Waals surface area (Å²) in [6, 6.07) is -3.88. The first-order chi connectivity index (χ1) is 16.7. The number of carbonyl (C=O) groups is 5. The molecule has 0 spiro atoms. The quantitative estimate of drug-likeness (QED) is 0.117. The number of aliphatic carboxylic acids is 1. The van der Waals surface area contributed by atoms with Crippen molar-refractivity contribution in [3.63, 3.8) is 0 Å². The molecule has 1 aliphatic rings. The van der Waals surface area contributed by atoms with Crippen molar-refractivity contribution in [3.05, 3.63) is 0 Å². The molecule has 1 rings (SSSR count). The first-order valence-corrected chi connectivity index (χ1v) is 11.4. The molecule has 0 aromatic rings. The van der Waals surface area contributed by atoms with Crippen LogP contribution in [0.1, 0.15) is 40.5 Å². The van der Waals surface area contributed by atoms with Crippen LogP contribution >= 0.6 is 0 Å². The third kappa shape index (κ3) is 8.98. The zero-order valence-electron chi connectivity index (χ0n) is 20.5. The fraction of sp³-hybridized carbons (Fsp3) is 0.762. The summed E-state index contributed by atoms with van der Waals surface area (Å²) >= 11 is 0. The Hall–Kier alpha value is -2.85.